The summed E-state index contributed by atoms with van der Waals surface area (Å²) >= 11 is 0. The number of anilines is 1. The highest BCUT2D eigenvalue weighted by molar-refractivity contribution is 6.02. The molecule has 0 heterocycles. The van der Waals surface area contributed by atoms with Gasteiger partial charge >= 0.3 is 0 Å². The second kappa shape index (κ2) is 7.05. The van der Waals surface area contributed by atoms with Crippen molar-refractivity contribution < 1.29 is 9.90 Å². The first-order valence-corrected chi connectivity index (χ1v) is 8.49. The molecule has 24 heavy (non-hydrogen) atoms. The van der Waals surface area contributed by atoms with E-state index >= 15 is 0 Å². The number of primary amides is 1. The van der Waals surface area contributed by atoms with E-state index in [0.29, 0.717) is 5.56 Å². The molecule has 1 amide bonds. The molecule has 0 aromatic heterocycles. The molecule has 0 spiro atoms. The van der Waals surface area contributed by atoms with Crippen LogP contribution in [0.4, 0.5) is 5.69 Å². The van der Waals surface area contributed by atoms with Crippen molar-refractivity contribution in [3.8, 4) is 11.1 Å². The Bertz CT molecular complexity index is 720. The molecule has 0 saturated heterocycles. The minimum atomic E-state index is -0.413. The highest BCUT2D eigenvalue weighted by atomic mass is 16.3. The third-order valence-corrected chi connectivity index (χ3v) is 4.85. The van der Waals surface area contributed by atoms with Gasteiger partial charge in [-0.25, -0.2) is 0 Å². The molecule has 1 aliphatic carbocycles. The van der Waals surface area contributed by atoms with Crippen molar-refractivity contribution >= 4 is 11.6 Å². The normalized spacial score (nSPS) is 20.6. The number of aliphatic hydroxyl groups is 1. The SMILES string of the molecule is Cc1c(-c2ccccc2)ccc(N[C@H]2CC[C@H](O)CC2)c1C(N)=O. The summed E-state index contributed by atoms with van der Waals surface area (Å²) in [5.41, 5.74) is 10.0. The van der Waals surface area contributed by atoms with Crippen LogP contribution >= 0.6 is 0 Å². The van der Waals surface area contributed by atoms with Crippen LogP contribution in [0.1, 0.15) is 41.6 Å². The highest BCUT2D eigenvalue weighted by Gasteiger charge is 2.22. The fourth-order valence-corrected chi connectivity index (χ4v) is 3.52. The Balaban J connectivity index is 1.93. The lowest BCUT2D eigenvalue weighted by Gasteiger charge is -2.28. The van der Waals surface area contributed by atoms with Crippen LogP contribution in [0, 0.1) is 6.92 Å². The van der Waals surface area contributed by atoms with E-state index in [-0.39, 0.29) is 12.1 Å². The Morgan fingerprint density at radius 1 is 1.08 bits per heavy atom. The maximum absolute atomic E-state index is 12.1. The van der Waals surface area contributed by atoms with Crippen molar-refractivity contribution in [2.45, 2.75) is 44.8 Å². The summed E-state index contributed by atoms with van der Waals surface area (Å²) in [6.07, 6.45) is 3.20. The minimum Gasteiger partial charge on any atom is -0.393 e. The van der Waals surface area contributed by atoms with Gasteiger partial charge in [0.05, 0.1) is 11.7 Å². The van der Waals surface area contributed by atoms with E-state index in [1.165, 1.54) is 0 Å². The second-order valence-corrected chi connectivity index (χ2v) is 6.54. The Hall–Kier alpha value is -2.33. The molecule has 4 N–H and O–H groups in total. The van der Waals surface area contributed by atoms with Gasteiger partial charge in [-0.1, -0.05) is 36.4 Å². The number of carbonyl (C=O) groups excluding carboxylic acids is 1. The summed E-state index contributed by atoms with van der Waals surface area (Å²) in [6, 6.07) is 14.3. The number of nitrogens with two attached hydrogens (primary N) is 1. The Morgan fingerprint density at radius 2 is 1.75 bits per heavy atom. The fraction of sp³-hybridized carbons (Fsp3) is 0.350. The lowest BCUT2D eigenvalue weighted by atomic mass is 9.91. The third kappa shape index (κ3) is 3.44. The van der Waals surface area contributed by atoms with E-state index in [1.807, 2.05) is 49.4 Å². The number of amides is 1. The number of hydrogen-bond acceptors (Lipinski definition) is 3. The molecule has 126 valence electrons. The van der Waals surface area contributed by atoms with Gasteiger partial charge in [0.15, 0.2) is 0 Å². The van der Waals surface area contributed by atoms with Crippen molar-refractivity contribution in [1.82, 2.24) is 0 Å². The van der Waals surface area contributed by atoms with Gasteiger partial charge in [-0.2, -0.15) is 0 Å². The molecule has 1 aliphatic rings. The predicted molar refractivity (Wildman–Crippen MR) is 97.0 cm³/mol. The van der Waals surface area contributed by atoms with Gasteiger partial charge in [0.25, 0.3) is 5.91 Å². The maximum atomic E-state index is 12.1. The Labute approximate surface area is 142 Å². The lowest BCUT2D eigenvalue weighted by molar-refractivity contribution is 0.1000. The predicted octanol–water partition coefficient (Wildman–Crippen LogP) is 3.48. The van der Waals surface area contributed by atoms with E-state index in [9.17, 15) is 9.90 Å². The van der Waals surface area contributed by atoms with Crippen LogP contribution in [-0.4, -0.2) is 23.2 Å². The quantitative estimate of drug-likeness (QED) is 0.806. The van der Waals surface area contributed by atoms with E-state index in [4.69, 9.17) is 5.73 Å². The summed E-state index contributed by atoms with van der Waals surface area (Å²) in [6.45, 7) is 1.94. The van der Waals surface area contributed by atoms with E-state index < -0.39 is 5.91 Å². The van der Waals surface area contributed by atoms with Crippen molar-refractivity contribution in [3.05, 3.63) is 53.6 Å². The lowest BCUT2D eigenvalue weighted by Crippen LogP contribution is -2.29. The largest absolute Gasteiger partial charge is 0.393 e. The van der Waals surface area contributed by atoms with Crippen LogP contribution in [0.25, 0.3) is 11.1 Å². The van der Waals surface area contributed by atoms with Crippen molar-refractivity contribution in [1.29, 1.82) is 0 Å². The van der Waals surface area contributed by atoms with Crippen LogP contribution in [0.2, 0.25) is 0 Å². The molecular formula is C20H24N2O2. The first kappa shape index (κ1) is 16.5. The first-order valence-electron chi connectivity index (χ1n) is 8.49. The topological polar surface area (TPSA) is 75.3 Å². The van der Waals surface area contributed by atoms with E-state index in [0.717, 1.165) is 48.1 Å². The Kier molecular flexibility index (Phi) is 4.86. The minimum absolute atomic E-state index is 0.194. The molecule has 0 radical (unpaired) electrons. The fourth-order valence-electron chi connectivity index (χ4n) is 3.52. The van der Waals surface area contributed by atoms with Crippen molar-refractivity contribution in [2.24, 2.45) is 5.73 Å². The summed E-state index contributed by atoms with van der Waals surface area (Å²) in [5, 5.41) is 13.1. The molecule has 0 aliphatic heterocycles. The number of rotatable bonds is 4. The molecule has 2 aromatic rings. The van der Waals surface area contributed by atoms with Crippen molar-refractivity contribution in [2.75, 3.05) is 5.32 Å². The van der Waals surface area contributed by atoms with Crippen LogP contribution in [-0.2, 0) is 0 Å². The van der Waals surface area contributed by atoms with Gasteiger partial charge in [0.1, 0.15) is 0 Å². The average molecular weight is 324 g/mol. The number of aliphatic hydroxyl groups excluding tert-OH is 1. The van der Waals surface area contributed by atoms with Crippen LogP contribution in [0.3, 0.4) is 0 Å². The molecule has 0 atom stereocenters. The molecule has 0 bridgehead atoms. The van der Waals surface area contributed by atoms with Crippen LogP contribution in [0.5, 0.6) is 0 Å². The van der Waals surface area contributed by atoms with Gasteiger partial charge in [0.2, 0.25) is 0 Å². The van der Waals surface area contributed by atoms with Crippen molar-refractivity contribution in [3.63, 3.8) is 0 Å². The Morgan fingerprint density at radius 3 is 2.38 bits per heavy atom. The molecule has 2 aromatic carbocycles. The summed E-state index contributed by atoms with van der Waals surface area (Å²) in [5.74, 6) is -0.413. The van der Waals surface area contributed by atoms with Gasteiger partial charge in [0, 0.05) is 11.7 Å². The summed E-state index contributed by atoms with van der Waals surface area (Å²) < 4.78 is 0. The smallest absolute Gasteiger partial charge is 0.251 e. The number of carbonyl (C=O) groups is 1. The van der Waals surface area contributed by atoms with Gasteiger partial charge < -0.3 is 16.2 Å². The number of hydrogen-bond donors (Lipinski definition) is 3. The first-order chi connectivity index (χ1) is 11.6. The standard InChI is InChI=1S/C20H24N2O2/c1-13-17(14-5-3-2-4-6-14)11-12-18(19(13)20(21)24)22-15-7-9-16(23)10-8-15/h2-6,11-12,15-16,22-23H,7-10H2,1H3,(H2,21,24)/t15-,16-. The number of benzene rings is 2. The van der Waals surface area contributed by atoms with Crippen LogP contribution in [0.15, 0.2) is 42.5 Å². The summed E-state index contributed by atoms with van der Waals surface area (Å²) in [7, 11) is 0. The zero-order valence-electron chi connectivity index (χ0n) is 14.0. The second-order valence-electron chi connectivity index (χ2n) is 6.54. The molecule has 3 rings (SSSR count). The highest BCUT2D eigenvalue weighted by Crippen LogP contribution is 2.32. The zero-order valence-corrected chi connectivity index (χ0v) is 14.0. The molecule has 1 saturated carbocycles. The maximum Gasteiger partial charge on any atom is 0.251 e. The van der Waals surface area contributed by atoms with Gasteiger partial charge in [-0.3, -0.25) is 4.79 Å². The summed E-state index contributed by atoms with van der Waals surface area (Å²) in [4.78, 5) is 12.1. The van der Waals surface area contributed by atoms with Crippen LogP contribution < -0.4 is 11.1 Å². The number of nitrogens with one attached hydrogen (secondary N) is 1. The van der Waals surface area contributed by atoms with E-state index in [1.54, 1.807) is 0 Å². The molecule has 1 fully saturated rings. The molecule has 4 nitrogen and oxygen atoms in total. The van der Waals surface area contributed by atoms with Gasteiger partial charge in [-0.15, -0.1) is 0 Å². The van der Waals surface area contributed by atoms with Gasteiger partial charge in [-0.05, 0) is 55.4 Å². The monoisotopic (exact) mass is 324 g/mol. The zero-order chi connectivity index (χ0) is 17.1. The molecule has 0 unspecified atom stereocenters. The molecular weight excluding hydrogens is 300 g/mol. The third-order valence-electron chi connectivity index (χ3n) is 4.85. The molecule has 4 heteroatoms. The van der Waals surface area contributed by atoms with E-state index in [2.05, 4.69) is 5.32 Å². The average Bonchev–Trinajstić information content (AvgIpc) is 2.57.